The summed E-state index contributed by atoms with van der Waals surface area (Å²) in [5.74, 6) is -0.369. The maximum atomic E-state index is 12.5. The summed E-state index contributed by atoms with van der Waals surface area (Å²) in [6.07, 6.45) is 6.12. The van der Waals surface area contributed by atoms with Gasteiger partial charge in [0.15, 0.2) is 0 Å². The summed E-state index contributed by atoms with van der Waals surface area (Å²) in [6, 6.07) is 11.3. The highest BCUT2D eigenvalue weighted by atomic mass is 16.2. The predicted octanol–water partition coefficient (Wildman–Crippen LogP) is 2.18. The second-order valence-electron chi connectivity index (χ2n) is 5.56. The molecule has 0 saturated carbocycles. The fraction of sp³-hybridized carbons (Fsp3) is 0.278. The number of anilines is 1. The van der Waals surface area contributed by atoms with Gasteiger partial charge in [0, 0.05) is 24.6 Å². The van der Waals surface area contributed by atoms with Crippen molar-refractivity contribution in [3.05, 3.63) is 59.9 Å². The van der Waals surface area contributed by atoms with E-state index in [-0.39, 0.29) is 18.4 Å². The fourth-order valence-corrected chi connectivity index (χ4v) is 2.80. The Morgan fingerprint density at radius 2 is 2.00 bits per heavy atom. The molecule has 0 bridgehead atoms. The number of amides is 2. The second kappa shape index (κ2) is 7.05. The van der Waals surface area contributed by atoms with Crippen LogP contribution in [0.4, 0.5) is 5.69 Å². The Balaban J connectivity index is 1.68. The Labute approximate surface area is 135 Å². The van der Waals surface area contributed by atoms with Crippen LogP contribution < -0.4 is 10.2 Å². The maximum Gasteiger partial charge on any atom is 0.253 e. The average molecular weight is 309 g/mol. The molecule has 1 aliphatic rings. The molecule has 5 heteroatoms. The van der Waals surface area contributed by atoms with E-state index in [2.05, 4.69) is 16.4 Å². The number of rotatable bonds is 3. The number of aromatic nitrogens is 1. The minimum Gasteiger partial charge on any atom is -0.343 e. The number of hydrogen-bond acceptors (Lipinski definition) is 3. The highest BCUT2D eigenvalue weighted by Crippen LogP contribution is 2.25. The fourth-order valence-electron chi connectivity index (χ4n) is 2.80. The van der Waals surface area contributed by atoms with E-state index in [0.717, 1.165) is 24.9 Å². The van der Waals surface area contributed by atoms with Gasteiger partial charge in [-0.25, -0.2) is 0 Å². The van der Waals surface area contributed by atoms with Crippen LogP contribution in [0.5, 0.6) is 0 Å². The van der Waals surface area contributed by atoms with Crippen LogP contribution in [0.2, 0.25) is 0 Å². The van der Waals surface area contributed by atoms with Gasteiger partial charge in [-0.15, -0.1) is 0 Å². The van der Waals surface area contributed by atoms with Crippen molar-refractivity contribution in [2.75, 3.05) is 18.0 Å². The molecule has 1 N–H and O–H groups in total. The van der Waals surface area contributed by atoms with Crippen LogP contribution in [0, 0.1) is 0 Å². The van der Waals surface area contributed by atoms with Gasteiger partial charge in [0.2, 0.25) is 5.91 Å². The number of hydrogen-bond donors (Lipinski definition) is 1. The molecule has 0 spiro atoms. The molecule has 1 aromatic carbocycles. The number of carbonyl (C=O) groups excluding carboxylic acids is 2. The van der Waals surface area contributed by atoms with Gasteiger partial charge in [0.25, 0.3) is 5.91 Å². The Morgan fingerprint density at radius 3 is 2.83 bits per heavy atom. The molecule has 0 radical (unpaired) electrons. The van der Waals surface area contributed by atoms with E-state index in [1.54, 1.807) is 23.2 Å². The van der Waals surface area contributed by atoms with Crippen LogP contribution in [-0.4, -0.2) is 29.9 Å². The number of nitrogens with zero attached hydrogens (tertiary/aromatic N) is 2. The molecule has 0 atom stereocenters. The standard InChI is InChI=1S/C18H19N3O2/c22-17(13-20-18(23)15-8-5-10-19-12-15)21-11-4-3-7-14-6-1-2-9-16(14)21/h1-2,5-6,8-10,12H,3-4,7,11,13H2,(H,20,23). The Hall–Kier alpha value is -2.69. The third-order valence-electron chi connectivity index (χ3n) is 3.99. The van der Waals surface area contributed by atoms with E-state index in [9.17, 15) is 9.59 Å². The molecule has 23 heavy (non-hydrogen) atoms. The minimum absolute atomic E-state index is 0.0118. The van der Waals surface area contributed by atoms with E-state index in [1.165, 1.54) is 11.8 Å². The lowest BCUT2D eigenvalue weighted by atomic mass is 10.1. The summed E-state index contributed by atoms with van der Waals surface area (Å²) in [5.41, 5.74) is 2.61. The Morgan fingerprint density at radius 1 is 1.13 bits per heavy atom. The number of carbonyl (C=O) groups is 2. The van der Waals surface area contributed by atoms with Crippen molar-refractivity contribution in [3.63, 3.8) is 0 Å². The van der Waals surface area contributed by atoms with Gasteiger partial charge in [-0.3, -0.25) is 14.6 Å². The predicted molar refractivity (Wildman–Crippen MR) is 88.3 cm³/mol. The van der Waals surface area contributed by atoms with Crippen LogP contribution in [0.15, 0.2) is 48.8 Å². The quantitative estimate of drug-likeness (QED) is 0.945. The first-order chi connectivity index (χ1) is 11.3. The number of pyridine rings is 1. The van der Waals surface area contributed by atoms with Crippen molar-refractivity contribution >= 4 is 17.5 Å². The van der Waals surface area contributed by atoms with Gasteiger partial charge in [-0.1, -0.05) is 18.2 Å². The summed E-state index contributed by atoms with van der Waals surface area (Å²) < 4.78 is 0. The number of benzene rings is 1. The summed E-state index contributed by atoms with van der Waals surface area (Å²) >= 11 is 0. The molecule has 1 aromatic heterocycles. The van der Waals surface area contributed by atoms with Crippen molar-refractivity contribution in [1.29, 1.82) is 0 Å². The van der Waals surface area contributed by atoms with Crippen LogP contribution in [0.25, 0.3) is 0 Å². The van der Waals surface area contributed by atoms with Crippen molar-refractivity contribution < 1.29 is 9.59 Å². The van der Waals surface area contributed by atoms with Crippen LogP contribution in [0.1, 0.15) is 28.8 Å². The summed E-state index contributed by atoms with van der Waals surface area (Å²) in [4.78, 5) is 30.3. The molecule has 0 fully saturated rings. The highest BCUT2D eigenvalue weighted by molar-refractivity contribution is 6.00. The third kappa shape index (κ3) is 3.56. The molecule has 118 valence electrons. The lowest BCUT2D eigenvalue weighted by Gasteiger charge is -2.23. The van der Waals surface area contributed by atoms with E-state index in [1.807, 2.05) is 18.2 Å². The zero-order valence-electron chi connectivity index (χ0n) is 12.9. The van der Waals surface area contributed by atoms with Crippen LogP contribution >= 0.6 is 0 Å². The van der Waals surface area contributed by atoms with Crippen molar-refractivity contribution in [2.24, 2.45) is 0 Å². The Bertz CT molecular complexity index is 700. The third-order valence-corrected chi connectivity index (χ3v) is 3.99. The van der Waals surface area contributed by atoms with E-state index < -0.39 is 0 Å². The molecule has 0 unspecified atom stereocenters. The second-order valence-corrected chi connectivity index (χ2v) is 5.56. The van der Waals surface area contributed by atoms with E-state index in [0.29, 0.717) is 12.1 Å². The first-order valence-corrected chi connectivity index (χ1v) is 7.82. The first kappa shape index (κ1) is 15.2. The maximum absolute atomic E-state index is 12.5. The van der Waals surface area contributed by atoms with Crippen molar-refractivity contribution in [1.82, 2.24) is 10.3 Å². The molecule has 1 aliphatic heterocycles. The number of aryl methyl sites for hydroxylation is 1. The highest BCUT2D eigenvalue weighted by Gasteiger charge is 2.21. The smallest absolute Gasteiger partial charge is 0.253 e. The summed E-state index contributed by atoms with van der Waals surface area (Å²) in [6.45, 7) is 0.681. The lowest BCUT2D eigenvalue weighted by molar-refractivity contribution is -0.117. The zero-order valence-corrected chi connectivity index (χ0v) is 12.9. The largest absolute Gasteiger partial charge is 0.343 e. The molecule has 2 amide bonds. The Kier molecular flexibility index (Phi) is 4.66. The SMILES string of the molecule is O=C(NCC(=O)N1CCCCc2ccccc21)c1cccnc1. The van der Waals surface area contributed by atoms with Gasteiger partial charge >= 0.3 is 0 Å². The average Bonchev–Trinajstić information content (AvgIpc) is 2.82. The van der Waals surface area contributed by atoms with Gasteiger partial charge < -0.3 is 10.2 Å². The molecular weight excluding hydrogens is 290 g/mol. The van der Waals surface area contributed by atoms with Crippen molar-refractivity contribution in [2.45, 2.75) is 19.3 Å². The van der Waals surface area contributed by atoms with Crippen LogP contribution in [0.3, 0.4) is 0 Å². The topological polar surface area (TPSA) is 62.3 Å². The molecule has 5 nitrogen and oxygen atoms in total. The number of para-hydroxylation sites is 1. The minimum atomic E-state index is -0.283. The number of nitrogens with one attached hydrogen (secondary N) is 1. The van der Waals surface area contributed by atoms with Gasteiger partial charge in [0.05, 0.1) is 12.1 Å². The van der Waals surface area contributed by atoms with E-state index >= 15 is 0 Å². The van der Waals surface area contributed by atoms with Gasteiger partial charge in [-0.2, -0.15) is 0 Å². The summed E-state index contributed by atoms with van der Waals surface area (Å²) in [7, 11) is 0. The zero-order chi connectivity index (χ0) is 16.1. The van der Waals surface area contributed by atoms with E-state index in [4.69, 9.17) is 0 Å². The summed E-state index contributed by atoms with van der Waals surface area (Å²) in [5, 5.41) is 2.68. The molecule has 0 saturated heterocycles. The molecule has 2 heterocycles. The first-order valence-electron chi connectivity index (χ1n) is 7.82. The van der Waals surface area contributed by atoms with Gasteiger partial charge in [-0.05, 0) is 43.0 Å². The monoisotopic (exact) mass is 309 g/mol. The van der Waals surface area contributed by atoms with Crippen molar-refractivity contribution in [3.8, 4) is 0 Å². The van der Waals surface area contributed by atoms with Gasteiger partial charge in [0.1, 0.15) is 0 Å². The lowest BCUT2D eigenvalue weighted by Crippen LogP contribution is -2.40. The molecule has 3 rings (SSSR count). The van der Waals surface area contributed by atoms with Crippen LogP contribution in [-0.2, 0) is 11.2 Å². The number of fused-ring (bicyclic) bond motifs is 1. The molecule has 0 aliphatic carbocycles. The molecular formula is C18H19N3O2. The normalized spacial score (nSPS) is 13.8. The molecule has 2 aromatic rings.